The minimum atomic E-state index is -0.962. The van der Waals surface area contributed by atoms with Crippen molar-refractivity contribution in [3.8, 4) is 0 Å². The molecule has 1 aliphatic heterocycles. The lowest BCUT2D eigenvalue weighted by Crippen LogP contribution is -2.39. The Morgan fingerprint density at radius 2 is 2.10 bits per heavy atom. The normalized spacial score (nSPS) is 17.1. The summed E-state index contributed by atoms with van der Waals surface area (Å²) in [6, 6.07) is 1.59. The third-order valence-electron chi connectivity index (χ3n) is 3.78. The molecule has 0 bridgehead atoms. The molecule has 0 aromatic carbocycles. The van der Waals surface area contributed by atoms with Crippen LogP contribution in [0.5, 0.6) is 0 Å². The van der Waals surface area contributed by atoms with Gasteiger partial charge in [-0.25, -0.2) is 4.79 Å². The molecule has 0 unspecified atom stereocenters. The molecular weight excluding hydrogens is 260 g/mol. The van der Waals surface area contributed by atoms with Gasteiger partial charge in [0, 0.05) is 13.0 Å². The van der Waals surface area contributed by atoms with Gasteiger partial charge in [-0.15, -0.1) is 0 Å². The van der Waals surface area contributed by atoms with Gasteiger partial charge in [-0.1, -0.05) is 0 Å². The molecule has 0 aliphatic carbocycles. The molecule has 1 aromatic rings. The van der Waals surface area contributed by atoms with Crippen molar-refractivity contribution in [2.45, 2.75) is 26.3 Å². The number of hydrogen-bond acceptors (Lipinski definition) is 4. The Morgan fingerprint density at radius 1 is 1.45 bits per heavy atom. The lowest BCUT2D eigenvalue weighted by molar-refractivity contribution is -0.125. The highest BCUT2D eigenvalue weighted by Gasteiger charge is 2.25. The molecule has 1 aliphatic rings. The van der Waals surface area contributed by atoms with Crippen molar-refractivity contribution in [1.29, 1.82) is 0 Å². The van der Waals surface area contributed by atoms with E-state index >= 15 is 0 Å². The van der Waals surface area contributed by atoms with Gasteiger partial charge in [-0.3, -0.25) is 9.69 Å². The van der Waals surface area contributed by atoms with Crippen LogP contribution in [0.2, 0.25) is 0 Å². The molecule has 0 atom stereocenters. The Hall–Kier alpha value is -1.82. The maximum atomic E-state index is 11.5. The van der Waals surface area contributed by atoms with Gasteiger partial charge in [0.05, 0.1) is 6.54 Å². The van der Waals surface area contributed by atoms with Crippen molar-refractivity contribution in [1.82, 2.24) is 10.2 Å². The average molecular weight is 280 g/mol. The molecule has 6 heteroatoms. The van der Waals surface area contributed by atoms with Crippen LogP contribution in [0, 0.1) is 12.8 Å². The number of carbonyl (C=O) groups is 2. The van der Waals surface area contributed by atoms with Crippen molar-refractivity contribution in [2.75, 3.05) is 20.1 Å². The van der Waals surface area contributed by atoms with E-state index in [9.17, 15) is 9.59 Å². The molecule has 6 nitrogen and oxygen atoms in total. The van der Waals surface area contributed by atoms with Gasteiger partial charge in [-0.05, 0) is 38.9 Å². The fraction of sp³-hybridized carbons (Fsp3) is 0.571. The molecule has 2 N–H and O–H groups in total. The van der Waals surface area contributed by atoms with Gasteiger partial charge >= 0.3 is 5.97 Å². The van der Waals surface area contributed by atoms with Crippen molar-refractivity contribution >= 4 is 11.9 Å². The van der Waals surface area contributed by atoms with Gasteiger partial charge in [0.25, 0.3) is 0 Å². The lowest BCUT2D eigenvalue weighted by atomic mass is 9.96. The highest BCUT2D eigenvalue weighted by atomic mass is 16.4. The monoisotopic (exact) mass is 280 g/mol. The molecule has 110 valence electrons. The Bertz CT molecular complexity index is 501. The molecule has 1 saturated heterocycles. The standard InChI is InChI=1S/C14H20N2O4/c1-9-12(14(18)19)7-11(20-9)8-16-5-3-10(4-6-16)13(17)15-2/h7,10H,3-6,8H2,1-2H3,(H,15,17)(H,18,19). The van der Waals surface area contributed by atoms with E-state index in [0.29, 0.717) is 18.1 Å². The average Bonchev–Trinajstić information content (AvgIpc) is 2.79. The molecule has 1 fully saturated rings. The largest absolute Gasteiger partial charge is 0.478 e. The molecule has 1 aromatic heterocycles. The summed E-state index contributed by atoms with van der Waals surface area (Å²) < 4.78 is 5.47. The molecule has 1 amide bonds. The van der Waals surface area contributed by atoms with Crippen molar-refractivity contribution in [2.24, 2.45) is 5.92 Å². The summed E-state index contributed by atoms with van der Waals surface area (Å²) in [6.45, 7) is 3.89. The van der Waals surface area contributed by atoms with Gasteiger partial charge in [0.1, 0.15) is 17.1 Å². The Balaban J connectivity index is 1.91. The third-order valence-corrected chi connectivity index (χ3v) is 3.78. The number of likely N-dealkylation sites (tertiary alicyclic amines) is 1. The lowest BCUT2D eigenvalue weighted by Gasteiger charge is -2.30. The topological polar surface area (TPSA) is 82.8 Å². The van der Waals surface area contributed by atoms with Crippen LogP contribution in [-0.4, -0.2) is 42.0 Å². The quantitative estimate of drug-likeness (QED) is 0.867. The molecule has 0 radical (unpaired) electrons. The van der Waals surface area contributed by atoms with E-state index in [1.807, 2.05) is 0 Å². The minimum absolute atomic E-state index is 0.0872. The first-order chi connectivity index (χ1) is 9.51. The third kappa shape index (κ3) is 3.19. The van der Waals surface area contributed by atoms with E-state index in [0.717, 1.165) is 25.9 Å². The van der Waals surface area contributed by atoms with E-state index < -0.39 is 5.97 Å². The zero-order chi connectivity index (χ0) is 14.7. The molecule has 0 spiro atoms. The second-order valence-electron chi connectivity index (χ2n) is 5.15. The first-order valence-corrected chi connectivity index (χ1v) is 6.77. The van der Waals surface area contributed by atoms with E-state index in [1.54, 1.807) is 20.0 Å². The number of aromatic carboxylic acids is 1. The van der Waals surface area contributed by atoms with E-state index in [4.69, 9.17) is 9.52 Å². The molecular formula is C14H20N2O4. The number of carbonyl (C=O) groups excluding carboxylic acids is 1. The van der Waals surface area contributed by atoms with Crippen LogP contribution < -0.4 is 5.32 Å². The van der Waals surface area contributed by atoms with Crippen LogP contribution >= 0.6 is 0 Å². The molecule has 2 rings (SSSR count). The summed E-state index contributed by atoms with van der Waals surface area (Å²) in [5, 5.41) is 11.7. The van der Waals surface area contributed by atoms with Gasteiger partial charge in [-0.2, -0.15) is 0 Å². The van der Waals surface area contributed by atoms with Crippen LogP contribution in [0.3, 0.4) is 0 Å². The number of carboxylic acids is 1. The Labute approximate surface area is 117 Å². The maximum Gasteiger partial charge on any atom is 0.339 e. The summed E-state index contributed by atoms with van der Waals surface area (Å²) in [5.74, 6) is 0.331. The van der Waals surface area contributed by atoms with Gasteiger partial charge < -0.3 is 14.8 Å². The first-order valence-electron chi connectivity index (χ1n) is 6.77. The zero-order valence-electron chi connectivity index (χ0n) is 11.8. The van der Waals surface area contributed by atoms with Gasteiger partial charge in [0.2, 0.25) is 5.91 Å². The van der Waals surface area contributed by atoms with E-state index in [1.165, 1.54) is 0 Å². The van der Waals surface area contributed by atoms with E-state index in [2.05, 4.69) is 10.2 Å². The number of rotatable bonds is 4. The van der Waals surface area contributed by atoms with Crippen LogP contribution in [0.1, 0.15) is 34.7 Å². The van der Waals surface area contributed by atoms with Crippen molar-refractivity contribution in [3.05, 3.63) is 23.2 Å². The summed E-state index contributed by atoms with van der Waals surface area (Å²) in [5.41, 5.74) is 0.222. The Kier molecular flexibility index (Phi) is 4.44. The maximum absolute atomic E-state index is 11.5. The molecule has 2 heterocycles. The zero-order valence-corrected chi connectivity index (χ0v) is 11.8. The van der Waals surface area contributed by atoms with Crippen LogP contribution in [0.25, 0.3) is 0 Å². The predicted octanol–water partition coefficient (Wildman–Crippen LogP) is 1.24. The van der Waals surface area contributed by atoms with Crippen LogP contribution in [0.15, 0.2) is 10.5 Å². The van der Waals surface area contributed by atoms with Gasteiger partial charge in [0.15, 0.2) is 0 Å². The summed E-state index contributed by atoms with van der Waals surface area (Å²) in [6.07, 6.45) is 1.65. The smallest absolute Gasteiger partial charge is 0.339 e. The fourth-order valence-electron chi connectivity index (χ4n) is 2.61. The number of aryl methyl sites for hydroxylation is 1. The molecule has 20 heavy (non-hydrogen) atoms. The summed E-state index contributed by atoms with van der Waals surface area (Å²) in [4.78, 5) is 24.7. The number of nitrogens with one attached hydrogen (secondary N) is 1. The number of furan rings is 1. The first kappa shape index (κ1) is 14.6. The number of carboxylic acid groups (broad SMARTS) is 1. The van der Waals surface area contributed by atoms with Crippen molar-refractivity contribution < 1.29 is 19.1 Å². The highest BCUT2D eigenvalue weighted by Crippen LogP contribution is 2.21. The Morgan fingerprint density at radius 3 is 2.60 bits per heavy atom. The van der Waals surface area contributed by atoms with Crippen LogP contribution in [0.4, 0.5) is 0 Å². The number of amides is 1. The molecule has 0 saturated carbocycles. The number of nitrogens with zero attached hydrogens (tertiary/aromatic N) is 1. The predicted molar refractivity (Wildman–Crippen MR) is 72.5 cm³/mol. The second kappa shape index (κ2) is 6.09. The number of piperidine rings is 1. The SMILES string of the molecule is CNC(=O)C1CCN(Cc2cc(C(=O)O)c(C)o2)CC1. The van der Waals surface area contributed by atoms with Crippen molar-refractivity contribution in [3.63, 3.8) is 0 Å². The number of hydrogen-bond donors (Lipinski definition) is 2. The fourth-order valence-corrected chi connectivity index (χ4v) is 2.61. The second-order valence-corrected chi connectivity index (χ2v) is 5.15. The minimum Gasteiger partial charge on any atom is -0.478 e. The summed E-state index contributed by atoms with van der Waals surface area (Å²) in [7, 11) is 1.66. The van der Waals surface area contributed by atoms with E-state index in [-0.39, 0.29) is 17.4 Å². The highest BCUT2D eigenvalue weighted by molar-refractivity contribution is 5.88. The van der Waals surface area contributed by atoms with Crippen LogP contribution in [-0.2, 0) is 11.3 Å². The summed E-state index contributed by atoms with van der Waals surface area (Å²) >= 11 is 0.